The predicted octanol–water partition coefficient (Wildman–Crippen LogP) is 4.03. The van der Waals surface area contributed by atoms with Crippen LogP contribution in [-0.4, -0.2) is 55.3 Å². The number of hydrogen-bond donors (Lipinski definition) is 1. The Hall–Kier alpha value is -3.11. The third kappa shape index (κ3) is 5.68. The van der Waals surface area contributed by atoms with E-state index in [1.165, 1.54) is 11.8 Å². The lowest BCUT2D eigenvalue weighted by Crippen LogP contribution is -2.37. The minimum atomic E-state index is -0.357. The zero-order chi connectivity index (χ0) is 24.1. The first-order valence-electron chi connectivity index (χ1n) is 10.9. The molecule has 0 aliphatic carbocycles. The number of benzene rings is 1. The first-order chi connectivity index (χ1) is 16.4. The van der Waals surface area contributed by atoms with Crippen LogP contribution in [0.4, 0.5) is 4.79 Å². The number of imide groups is 1. The molecule has 1 fully saturated rings. The molecule has 0 unspecified atom stereocenters. The average Bonchev–Trinajstić information content (AvgIpc) is 3.29. The number of aromatic nitrogens is 3. The molecule has 1 saturated heterocycles. The van der Waals surface area contributed by atoms with Crippen molar-refractivity contribution in [2.75, 3.05) is 18.8 Å². The van der Waals surface area contributed by atoms with Gasteiger partial charge in [0.1, 0.15) is 0 Å². The molecule has 1 aromatic carbocycles. The number of rotatable bonds is 9. The van der Waals surface area contributed by atoms with Crippen molar-refractivity contribution < 1.29 is 14.4 Å². The van der Waals surface area contributed by atoms with Crippen LogP contribution in [0.25, 0.3) is 17.1 Å². The van der Waals surface area contributed by atoms with E-state index >= 15 is 0 Å². The maximum absolute atomic E-state index is 12.6. The second-order valence-electron chi connectivity index (χ2n) is 8.15. The molecule has 1 aliphatic heterocycles. The maximum Gasteiger partial charge on any atom is 0.293 e. The molecule has 10 heteroatoms. The molecular formula is C24H25N5O3S2. The molecule has 34 heavy (non-hydrogen) atoms. The van der Waals surface area contributed by atoms with Crippen molar-refractivity contribution >= 4 is 57.7 Å². The number of fused-ring (bicyclic) bond motifs is 1. The van der Waals surface area contributed by atoms with Crippen LogP contribution in [0.5, 0.6) is 0 Å². The lowest BCUT2D eigenvalue weighted by molar-refractivity contribution is -0.123. The summed E-state index contributed by atoms with van der Waals surface area (Å²) >= 11 is 2.28. The SMILES string of the molecule is CC(C)Cn1c(SCC(=O)NCCN2C(=O)S/C(=C\c3cccnc3)C2=O)nc2ccccc21. The van der Waals surface area contributed by atoms with Gasteiger partial charge in [0.2, 0.25) is 5.91 Å². The summed E-state index contributed by atoms with van der Waals surface area (Å²) < 4.78 is 2.15. The molecule has 4 rings (SSSR count). The Labute approximate surface area is 206 Å². The Bertz CT molecular complexity index is 1240. The Morgan fingerprint density at radius 3 is 2.79 bits per heavy atom. The van der Waals surface area contributed by atoms with Crippen molar-refractivity contribution in [2.24, 2.45) is 5.92 Å². The number of para-hydroxylation sites is 2. The van der Waals surface area contributed by atoms with Crippen molar-refractivity contribution in [1.82, 2.24) is 24.8 Å². The second kappa shape index (κ2) is 10.9. The summed E-state index contributed by atoms with van der Waals surface area (Å²) in [5.41, 5.74) is 2.71. The molecule has 3 aromatic rings. The molecule has 1 N–H and O–H groups in total. The summed E-state index contributed by atoms with van der Waals surface area (Å²) in [6.07, 6.45) is 4.92. The largest absolute Gasteiger partial charge is 0.354 e. The number of hydrogen-bond acceptors (Lipinski definition) is 7. The summed E-state index contributed by atoms with van der Waals surface area (Å²) in [6, 6.07) is 11.5. The number of nitrogens with one attached hydrogen (secondary N) is 1. The minimum Gasteiger partial charge on any atom is -0.354 e. The van der Waals surface area contributed by atoms with E-state index in [0.29, 0.717) is 10.8 Å². The molecule has 2 aromatic heterocycles. The van der Waals surface area contributed by atoms with E-state index in [1.807, 2.05) is 30.3 Å². The number of amides is 3. The van der Waals surface area contributed by atoms with E-state index < -0.39 is 0 Å². The highest BCUT2D eigenvalue weighted by molar-refractivity contribution is 8.18. The van der Waals surface area contributed by atoms with Gasteiger partial charge in [0.05, 0.1) is 21.7 Å². The fourth-order valence-corrected chi connectivity index (χ4v) is 5.22. The van der Waals surface area contributed by atoms with Gasteiger partial charge in [0, 0.05) is 32.0 Å². The van der Waals surface area contributed by atoms with Crippen LogP contribution >= 0.6 is 23.5 Å². The highest BCUT2D eigenvalue weighted by Gasteiger charge is 2.34. The minimum absolute atomic E-state index is 0.122. The molecule has 3 heterocycles. The van der Waals surface area contributed by atoms with E-state index in [-0.39, 0.29) is 35.9 Å². The van der Waals surface area contributed by atoms with Crippen molar-refractivity contribution in [2.45, 2.75) is 25.5 Å². The smallest absolute Gasteiger partial charge is 0.293 e. The van der Waals surface area contributed by atoms with Gasteiger partial charge in [-0.1, -0.05) is 43.8 Å². The van der Waals surface area contributed by atoms with Crippen molar-refractivity contribution in [3.05, 3.63) is 59.3 Å². The Morgan fingerprint density at radius 1 is 1.21 bits per heavy atom. The highest BCUT2D eigenvalue weighted by atomic mass is 32.2. The first-order valence-corrected chi connectivity index (χ1v) is 12.7. The zero-order valence-electron chi connectivity index (χ0n) is 18.9. The van der Waals surface area contributed by atoms with Gasteiger partial charge in [-0.05, 0) is 47.5 Å². The number of pyridine rings is 1. The lowest BCUT2D eigenvalue weighted by Gasteiger charge is -2.13. The molecular weight excluding hydrogens is 470 g/mol. The van der Waals surface area contributed by atoms with Crippen molar-refractivity contribution in [1.29, 1.82) is 0 Å². The normalized spacial score (nSPS) is 15.1. The number of imidazole rings is 1. The Morgan fingerprint density at radius 2 is 2.03 bits per heavy atom. The van der Waals surface area contributed by atoms with Gasteiger partial charge in [-0.3, -0.25) is 24.3 Å². The van der Waals surface area contributed by atoms with E-state index in [9.17, 15) is 14.4 Å². The van der Waals surface area contributed by atoms with E-state index in [1.54, 1.807) is 24.5 Å². The number of nitrogens with zero attached hydrogens (tertiary/aromatic N) is 4. The molecule has 8 nitrogen and oxygen atoms in total. The van der Waals surface area contributed by atoms with Crippen LogP contribution in [0.2, 0.25) is 0 Å². The number of carbonyl (C=O) groups is 3. The summed E-state index contributed by atoms with van der Waals surface area (Å²) in [4.78, 5) is 47.5. The fourth-order valence-electron chi connectivity index (χ4n) is 3.50. The van der Waals surface area contributed by atoms with E-state index in [4.69, 9.17) is 0 Å². The summed E-state index contributed by atoms with van der Waals surface area (Å²) in [7, 11) is 0. The number of carbonyl (C=O) groups excluding carboxylic acids is 3. The van der Waals surface area contributed by atoms with Crippen LogP contribution in [0, 0.1) is 5.92 Å². The third-order valence-electron chi connectivity index (χ3n) is 5.01. The van der Waals surface area contributed by atoms with Crippen LogP contribution < -0.4 is 5.32 Å². The molecule has 0 spiro atoms. The van der Waals surface area contributed by atoms with Crippen LogP contribution in [0.15, 0.2) is 58.9 Å². The molecule has 1 aliphatic rings. The van der Waals surface area contributed by atoms with E-state index in [2.05, 4.69) is 33.7 Å². The molecule has 176 valence electrons. The third-order valence-corrected chi connectivity index (χ3v) is 6.90. The van der Waals surface area contributed by atoms with E-state index in [0.717, 1.165) is 45.0 Å². The van der Waals surface area contributed by atoms with Gasteiger partial charge in [0.25, 0.3) is 11.1 Å². The van der Waals surface area contributed by atoms with Crippen LogP contribution in [-0.2, 0) is 16.1 Å². The fraction of sp³-hybridized carbons (Fsp3) is 0.292. The van der Waals surface area contributed by atoms with Gasteiger partial charge in [-0.15, -0.1) is 0 Å². The predicted molar refractivity (Wildman–Crippen MR) is 135 cm³/mol. The molecule has 0 saturated carbocycles. The van der Waals surface area contributed by atoms with Crippen molar-refractivity contribution in [3.63, 3.8) is 0 Å². The van der Waals surface area contributed by atoms with Crippen LogP contribution in [0.1, 0.15) is 19.4 Å². The zero-order valence-corrected chi connectivity index (χ0v) is 20.6. The molecule has 0 radical (unpaired) electrons. The Kier molecular flexibility index (Phi) is 7.69. The maximum atomic E-state index is 12.6. The van der Waals surface area contributed by atoms with Gasteiger partial charge >= 0.3 is 0 Å². The standard InChI is InChI=1S/C24H25N5O3S2/c1-16(2)14-29-19-8-4-3-7-18(19)27-23(29)33-15-21(30)26-10-11-28-22(31)20(34-24(28)32)12-17-6-5-9-25-13-17/h3-9,12-13,16H,10-11,14-15H2,1-2H3,(H,26,30)/b20-12-. The van der Waals surface area contributed by atoms with Gasteiger partial charge in [0.15, 0.2) is 5.16 Å². The topological polar surface area (TPSA) is 97.2 Å². The second-order valence-corrected chi connectivity index (χ2v) is 10.1. The average molecular weight is 496 g/mol. The van der Waals surface area contributed by atoms with Gasteiger partial charge in [-0.2, -0.15) is 0 Å². The van der Waals surface area contributed by atoms with Gasteiger partial charge < -0.3 is 9.88 Å². The molecule has 0 atom stereocenters. The summed E-state index contributed by atoms with van der Waals surface area (Å²) in [5, 5.41) is 3.26. The lowest BCUT2D eigenvalue weighted by atomic mass is 10.2. The summed E-state index contributed by atoms with van der Waals surface area (Å²) in [6.45, 7) is 5.42. The van der Waals surface area contributed by atoms with Gasteiger partial charge in [-0.25, -0.2) is 4.98 Å². The first kappa shape index (κ1) is 24.0. The number of thioether (sulfide) groups is 2. The van der Waals surface area contributed by atoms with Crippen molar-refractivity contribution in [3.8, 4) is 0 Å². The quantitative estimate of drug-likeness (QED) is 0.354. The molecule has 3 amide bonds. The highest BCUT2D eigenvalue weighted by Crippen LogP contribution is 2.31. The van der Waals surface area contributed by atoms with Crippen LogP contribution in [0.3, 0.4) is 0 Å². The Balaban J connectivity index is 1.30. The molecule has 0 bridgehead atoms. The summed E-state index contributed by atoms with van der Waals surface area (Å²) in [5.74, 6) is 0.108. The monoisotopic (exact) mass is 495 g/mol.